The van der Waals surface area contributed by atoms with Crippen LogP contribution in [0.2, 0.25) is 0 Å². The highest BCUT2D eigenvalue weighted by Crippen LogP contribution is 2.17. The van der Waals surface area contributed by atoms with Crippen LogP contribution in [-0.4, -0.2) is 74.8 Å². The van der Waals surface area contributed by atoms with Gasteiger partial charge in [0.2, 0.25) is 0 Å². The molecule has 1 aromatic carbocycles. The highest BCUT2D eigenvalue weighted by atomic mass is 127. The highest BCUT2D eigenvalue weighted by Gasteiger charge is 2.30. The first-order chi connectivity index (χ1) is 12.2. The minimum Gasteiger partial charge on any atom is -0.379 e. The van der Waals surface area contributed by atoms with E-state index in [2.05, 4.69) is 20.1 Å². The summed E-state index contributed by atoms with van der Waals surface area (Å²) in [4.78, 5) is 9.02. The van der Waals surface area contributed by atoms with E-state index >= 15 is 0 Å². The molecule has 1 aromatic rings. The molecule has 8 heteroatoms. The zero-order valence-electron chi connectivity index (χ0n) is 15.1. The Morgan fingerprint density at radius 3 is 2.58 bits per heavy atom. The molecule has 2 saturated heterocycles. The lowest BCUT2D eigenvalue weighted by Crippen LogP contribution is -2.47. The van der Waals surface area contributed by atoms with Gasteiger partial charge < -0.3 is 15.0 Å². The number of likely N-dealkylation sites (tertiary alicyclic amines) is 1. The summed E-state index contributed by atoms with van der Waals surface area (Å²) in [6.45, 7) is 5.89. The van der Waals surface area contributed by atoms with Crippen molar-refractivity contribution in [1.29, 1.82) is 0 Å². The van der Waals surface area contributed by atoms with E-state index in [1.807, 2.05) is 0 Å². The maximum absolute atomic E-state index is 13.7. The molecule has 2 aliphatic rings. The summed E-state index contributed by atoms with van der Waals surface area (Å²) in [6, 6.07) is 4.49. The molecule has 2 aliphatic heterocycles. The van der Waals surface area contributed by atoms with E-state index in [0.29, 0.717) is 12.6 Å². The summed E-state index contributed by atoms with van der Waals surface area (Å²) in [5.74, 6) is -0.191. The Kier molecular flexibility index (Phi) is 8.49. The molecule has 5 nitrogen and oxygen atoms in total. The second-order valence-electron chi connectivity index (χ2n) is 6.46. The van der Waals surface area contributed by atoms with Gasteiger partial charge in [0, 0.05) is 51.4 Å². The largest absolute Gasteiger partial charge is 0.379 e. The highest BCUT2D eigenvalue weighted by molar-refractivity contribution is 14.0. The second kappa shape index (κ2) is 10.4. The van der Waals surface area contributed by atoms with Crippen molar-refractivity contribution in [2.75, 3.05) is 53.0 Å². The molecule has 1 atom stereocenters. The van der Waals surface area contributed by atoms with Crippen LogP contribution in [0.1, 0.15) is 12.0 Å². The average molecular weight is 480 g/mol. The molecule has 0 aliphatic carbocycles. The molecular formula is C18H27F2IN4O. The third kappa shape index (κ3) is 5.26. The van der Waals surface area contributed by atoms with Crippen molar-refractivity contribution in [1.82, 2.24) is 15.1 Å². The minimum absolute atomic E-state index is 0. The van der Waals surface area contributed by atoms with Crippen molar-refractivity contribution in [3.63, 3.8) is 0 Å². The molecule has 0 amide bonds. The maximum Gasteiger partial charge on any atom is 0.193 e. The molecular weight excluding hydrogens is 453 g/mol. The van der Waals surface area contributed by atoms with Gasteiger partial charge in [0.25, 0.3) is 0 Å². The van der Waals surface area contributed by atoms with Crippen LogP contribution in [-0.2, 0) is 11.2 Å². The first-order valence-electron chi connectivity index (χ1n) is 8.89. The van der Waals surface area contributed by atoms with Gasteiger partial charge in [0.15, 0.2) is 5.96 Å². The third-order valence-electron chi connectivity index (χ3n) is 4.96. The Balaban J connectivity index is 0.00000243. The number of benzene rings is 1. The standard InChI is InChI=1S/C18H26F2N4O.HI/c1-21-18(22-7-5-15-16(19)3-2-4-17(15)20)24-8-6-14(13-24)23-9-11-25-12-10-23;/h2-4,14H,5-13H2,1H3,(H,21,22);1H. The zero-order chi connectivity index (χ0) is 17.6. The van der Waals surface area contributed by atoms with Crippen molar-refractivity contribution in [3.05, 3.63) is 35.4 Å². The van der Waals surface area contributed by atoms with Crippen LogP contribution in [0.4, 0.5) is 8.78 Å². The Hall–Kier alpha value is -1.00. The van der Waals surface area contributed by atoms with E-state index in [1.54, 1.807) is 7.05 Å². The van der Waals surface area contributed by atoms with Gasteiger partial charge in [0.05, 0.1) is 13.2 Å². The Labute approximate surface area is 170 Å². The molecule has 146 valence electrons. The number of aliphatic imine (C=N–C) groups is 1. The second-order valence-corrected chi connectivity index (χ2v) is 6.46. The van der Waals surface area contributed by atoms with Crippen LogP contribution in [0, 0.1) is 11.6 Å². The number of hydrogen-bond acceptors (Lipinski definition) is 3. The number of morpholine rings is 1. The van der Waals surface area contributed by atoms with Gasteiger partial charge in [-0.1, -0.05) is 6.07 Å². The number of nitrogens with one attached hydrogen (secondary N) is 1. The van der Waals surface area contributed by atoms with Gasteiger partial charge in [0.1, 0.15) is 11.6 Å². The minimum atomic E-state index is -0.495. The number of ether oxygens (including phenoxy) is 1. The Morgan fingerprint density at radius 1 is 1.23 bits per heavy atom. The van der Waals surface area contributed by atoms with Crippen LogP contribution in [0.25, 0.3) is 0 Å². The molecule has 1 unspecified atom stereocenters. The number of hydrogen-bond donors (Lipinski definition) is 1. The average Bonchev–Trinajstić information content (AvgIpc) is 3.11. The van der Waals surface area contributed by atoms with Gasteiger partial charge in [-0.25, -0.2) is 8.78 Å². The molecule has 0 radical (unpaired) electrons. The molecule has 26 heavy (non-hydrogen) atoms. The van der Waals surface area contributed by atoms with Crippen molar-refractivity contribution in [3.8, 4) is 0 Å². The molecule has 0 bridgehead atoms. The first kappa shape index (κ1) is 21.3. The number of rotatable bonds is 4. The van der Waals surface area contributed by atoms with Crippen LogP contribution < -0.4 is 5.32 Å². The maximum atomic E-state index is 13.7. The zero-order valence-corrected chi connectivity index (χ0v) is 17.4. The summed E-state index contributed by atoms with van der Waals surface area (Å²) in [5, 5.41) is 3.24. The lowest BCUT2D eigenvalue weighted by Gasteiger charge is -2.32. The van der Waals surface area contributed by atoms with Crippen LogP contribution in [0.3, 0.4) is 0 Å². The molecule has 1 N–H and O–H groups in total. The normalized spacial score (nSPS) is 21.6. The predicted molar refractivity (Wildman–Crippen MR) is 109 cm³/mol. The molecule has 2 heterocycles. The van der Waals surface area contributed by atoms with E-state index in [0.717, 1.165) is 51.8 Å². The monoisotopic (exact) mass is 480 g/mol. The summed E-state index contributed by atoms with van der Waals surface area (Å²) < 4.78 is 32.8. The number of nitrogens with zero attached hydrogens (tertiary/aromatic N) is 3. The summed E-state index contributed by atoms with van der Waals surface area (Å²) in [6.07, 6.45) is 1.39. The lowest BCUT2D eigenvalue weighted by atomic mass is 10.1. The summed E-state index contributed by atoms with van der Waals surface area (Å²) in [7, 11) is 1.74. The molecule has 2 fully saturated rings. The number of guanidine groups is 1. The SMILES string of the molecule is CN=C(NCCc1c(F)cccc1F)N1CCC(N2CCOCC2)C1.I. The summed E-state index contributed by atoms with van der Waals surface area (Å²) >= 11 is 0. The van der Waals surface area contributed by atoms with Crippen LogP contribution >= 0.6 is 24.0 Å². The number of halogens is 3. The summed E-state index contributed by atoms with van der Waals surface area (Å²) in [5.41, 5.74) is 0.123. The predicted octanol–water partition coefficient (Wildman–Crippen LogP) is 2.11. The molecule has 0 aromatic heterocycles. The fraction of sp³-hybridized carbons (Fsp3) is 0.611. The molecule has 3 rings (SSSR count). The van der Waals surface area contributed by atoms with Gasteiger partial charge in [-0.05, 0) is 25.0 Å². The first-order valence-corrected chi connectivity index (χ1v) is 8.89. The smallest absolute Gasteiger partial charge is 0.193 e. The van der Waals surface area contributed by atoms with E-state index < -0.39 is 11.6 Å². The van der Waals surface area contributed by atoms with Crippen LogP contribution in [0.15, 0.2) is 23.2 Å². The van der Waals surface area contributed by atoms with E-state index in [9.17, 15) is 8.78 Å². The fourth-order valence-electron chi connectivity index (χ4n) is 3.58. The van der Waals surface area contributed by atoms with Gasteiger partial charge in [-0.3, -0.25) is 9.89 Å². The van der Waals surface area contributed by atoms with Gasteiger partial charge in [-0.15, -0.1) is 24.0 Å². The van der Waals surface area contributed by atoms with E-state index in [4.69, 9.17) is 4.74 Å². The molecule has 0 spiro atoms. The van der Waals surface area contributed by atoms with E-state index in [1.165, 1.54) is 18.2 Å². The topological polar surface area (TPSA) is 40.1 Å². The van der Waals surface area contributed by atoms with Crippen molar-refractivity contribution >= 4 is 29.9 Å². The lowest BCUT2D eigenvalue weighted by molar-refractivity contribution is 0.0195. The Bertz CT molecular complexity index is 591. The van der Waals surface area contributed by atoms with E-state index in [-0.39, 0.29) is 36.0 Å². The van der Waals surface area contributed by atoms with Crippen molar-refractivity contribution in [2.24, 2.45) is 4.99 Å². The van der Waals surface area contributed by atoms with Gasteiger partial charge >= 0.3 is 0 Å². The van der Waals surface area contributed by atoms with Gasteiger partial charge in [-0.2, -0.15) is 0 Å². The van der Waals surface area contributed by atoms with Crippen molar-refractivity contribution < 1.29 is 13.5 Å². The van der Waals surface area contributed by atoms with Crippen LogP contribution in [0.5, 0.6) is 0 Å². The quantitative estimate of drug-likeness (QED) is 0.407. The third-order valence-corrected chi connectivity index (χ3v) is 4.96. The fourth-order valence-corrected chi connectivity index (χ4v) is 3.58. The van der Waals surface area contributed by atoms with Crippen molar-refractivity contribution in [2.45, 2.75) is 18.9 Å². The Morgan fingerprint density at radius 2 is 1.92 bits per heavy atom. The molecule has 0 saturated carbocycles.